The minimum Gasteiger partial charge on any atom is -0.481 e. The highest BCUT2D eigenvalue weighted by Crippen LogP contribution is 2.41. The molecule has 1 amide bonds. The predicted molar refractivity (Wildman–Crippen MR) is 117 cm³/mol. The van der Waals surface area contributed by atoms with Gasteiger partial charge in [0.25, 0.3) is 0 Å². The van der Waals surface area contributed by atoms with Gasteiger partial charge in [0.05, 0.1) is 15.9 Å². The fourth-order valence-electron chi connectivity index (χ4n) is 3.87. The van der Waals surface area contributed by atoms with Crippen molar-refractivity contribution in [3.63, 3.8) is 0 Å². The monoisotopic (exact) mass is 414 g/mol. The van der Waals surface area contributed by atoms with Crippen molar-refractivity contribution < 1.29 is 9.53 Å². The number of anilines is 1. The molecular weight excluding hydrogens is 396 g/mol. The molecule has 5 rings (SSSR count). The van der Waals surface area contributed by atoms with Crippen LogP contribution in [0.3, 0.4) is 0 Å². The zero-order valence-corrected chi connectivity index (χ0v) is 17.1. The van der Waals surface area contributed by atoms with Crippen LogP contribution in [0.25, 0.3) is 15.3 Å². The minimum atomic E-state index is -0.119. The van der Waals surface area contributed by atoms with E-state index >= 15 is 0 Å². The molecule has 0 unspecified atom stereocenters. The number of hydrogen-bond donors (Lipinski definition) is 1. The van der Waals surface area contributed by atoms with Crippen molar-refractivity contribution in [1.82, 2.24) is 14.8 Å². The van der Waals surface area contributed by atoms with Crippen LogP contribution in [0, 0.1) is 19.3 Å². The molecule has 4 aromatic rings. The Hall–Kier alpha value is -3.63. The second kappa shape index (κ2) is 7.32. The molecular formula is C23H18N4O2S. The third kappa shape index (κ3) is 3.11. The number of para-hydroxylation sites is 1. The summed E-state index contributed by atoms with van der Waals surface area (Å²) < 4.78 is 8.40. The molecule has 7 heteroatoms. The number of thiazole rings is 1. The van der Waals surface area contributed by atoms with E-state index in [-0.39, 0.29) is 18.4 Å². The number of carbonyl (C=O) groups is 1. The summed E-state index contributed by atoms with van der Waals surface area (Å²) in [7, 11) is 0. The molecule has 3 heterocycles. The molecule has 1 aliphatic heterocycles. The lowest BCUT2D eigenvalue weighted by Gasteiger charge is -2.24. The van der Waals surface area contributed by atoms with E-state index in [1.165, 1.54) is 0 Å². The van der Waals surface area contributed by atoms with Crippen molar-refractivity contribution in [1.29, 1.82) is 0 Å². The number of benzene rings is 2. The average molecular weight is 414 g/mol. The first-order chi connectivity index (χ1) is 14.6. The van der Waals surface area contributed by atoms with E-state index in [2.05, 4.69) is 11.2 Å². The number of aryl methyl sites for hydroxylation is 1. The Morgan fingerprint density at radius 3 is 3.00 bits per heavy atom. The second-order valence-electron chi connectivity index (χ2n) is 7.09. The molecule has 0 aliphatic carbocycles. The maximum Gasteiger partial charge on any atom is 0.226 e. The number of fused-ring (bicyclic) bond motifs is 2. The van der Waals surface area contributed by atoms with Gasteiger partial charge in [0.1, 0.15) is 18.2 Å². The topological polar surface area (TPSA) is 69.0 Å². The molecule has 30 heavy (non-hydrogen) atoms. The largest absolute Gasteiger partial charge is 0.481 e. The summed E-state index contributed by atoms with van der Waals surface area (Å²) in [6.07, 6.45) is 5.65. The smallest absolute Gasteiger partial charge is 0.226 e. The molecule has 0 radical (unpaired) electrons. The maximum absolute atomic E-state index is 12.6. The van der Waals surface area contributed by atoms with Gasteiger partial charge in [0.2, 0.25) is 11.0 Å². The summed E-state index contributed by atoms with van der Waals surface area (Å²) in [5.74, 6) is 3.68. The highest BCUT2D eigenvalue weighted by molar-refractivity contribution is 7.20. The van der Waals surface area contributed by atoms with Crippen molar-refractivity contribution in [2.75, 3.05) is 11.9 Å². The average Bonchev–Trinajstić information content (AvgIpc) is 3.33. The van der Waals surface area contributed by atoms with Gasteiger partial charge in [-0.15, -0.1) is 6.42 Å². The first kappa shape index (κ1) is 18.4. The van der Waals surface area contributed by atoms with Crippen molar-refractivity contribution in [2.45, 2.75) is 19.3 Å². The van der Waals surface area contributed by atoms with Crippen LogP contribution < -0.4 is 10.1 Å². The van der Waals surface area contributed by atoms with Crippen LogP contribution in [-0.2, 0) is 4.79 Å². The van der Waals surface area contributed by atoms with Gasteiger partial charge in [-0.3, -0.25) is 4.79 Å². The van der Waals surface area contributed by atoms with Crippen LogP contribution >= 0.6 is 11.3 Å². The van der Waals surface area contributed by atoms with E-state index < -0.39 is 0 Å². The quantitative estimate of drug-likeness (QED) is 0.506. The predicted octanol–water partition coefficient (Wildman–Crippen LogP) is 4.28. The van der Waals surface area contributed by atoms with Gasteiger partial charge in [-0.2, -0.15) is 9.78 Å². The Morgan fingerprint density at radius 1 is 1.30 bits per heavy atom. The summed E-state index contributed by atoms with van der Waals surface area (Å²) in [5.41, 5.74) is 3.77. The molecule has 0 fully saturated rings. The van der Waals surface area contributed by atoms with E-state index in [4.69, 9.17) is 21.2 Å². The van der Waals surface area contributed by atoms with Crippen LogP contribution in [0.1, 0.15) is 29.2 Å². The van der Waals surface area contributed by atoms with E-state index in [1.807, 2.05) is 55.5 Å². The number of aromatic nitrogens is 3. The fourth-order valence-corrected chi connectivity index (χ4v) is 4.79. The zero-order valence-electron chi connectivity index (χ0n) is 16.3. The Morgan fingerprint density at radius 2 is 2.17 bits per heavy atom. The van der Waals surface area contributed by atoms with Gasteiger partial charge in [0.15, 0.2) is 0 Å². The van der Waals surface area contributed by atoms with E-state index in [0.29, 0.717) is 18.0 Å². The summed E-state index contributed by atoms with van der Waals surface area (Å²) in [5, 5.41) is 8.47. The fraction of sp³-hybridized carbons (Fsp3) is 0.174. The molecule has 2 aromatic heterocycles. The maximum atomic E-state index is 12.6. The van der Waals surface area contributed by atoms with E-state index in [0.717, 1.165) is 32.2 Å². The summed E-state index contributed by atoms with van der Waals surface area (Å²) in [6.45, 7) is 2.17. The Bertz CT molecular complexity index is 1280. The number of hydrogen-bond acceptors (Lipinski definition) is 5. The minimum absolute atomic E-state index is 0.0512. The molecule has 0 saturated carbocycles. The van der Waals surface area contributed by atoms with Crippen molar-refractivity contribution in [3.05, 3.63) is 65.4 Å². The third-order valence-electron chi connectivity index (χ3n) is 5.15. The number of amides is 1. The van der Waals surface area contributed by atoms with Gasteiger partial charge in [0, 0.05) is 17.9 Å². The molecule has 1 N–H and O–H groups in total. The molecule has 2 aromatic carbocycles. The van der Waals surface area contributed by atoms with Gasteiger partial charge >= 0.3 is 0 Å². The normalized spacial score (nSPS) is 15.5. The van der Waals surface area contributed by atoms with E-state index in [9.17, 15) is 4.79 Å². The van der Waals surface area contributed by atoms with Crippen LogP contribution in [0.15, 0.2) is 48.5 Å². The lowest BCUT2D eigenvalue weighted by Crippen LogP contribution is -2.25. The third-order valence-corrected chi connectivity index (χ3v) is 6.16. The summed E-state index contributed by atoms with van der Waals surface area (Å²) >= 11 is 1.55. The number of rotatable bonds is 4. The van der Waals surface area contributed by atoms with Crippen LogP contribution in [0.2, 0.25) is 0 Å². The number of ether oxygens (including phenoxy) is 1. The van der Waals surface area contributed by atoms with Gasteiger partial charge in [-0.1, -0.05) is 41.5 Å². The Balaban J connectivity index is 1.61. The molecule has 0 bridgehead atoms. The number of nitrogens with one attached hydrogen (secondary N) is 1. The van der Waals surface area contributed by atoms with Crippen LogP contribution in [0.5, 0.6) is 5.75 Å². The Labute approximate surface area is 177 Å². The van der Waals surface area contributed by atoms with Gasteiger partial charge in [-0.25, -0.2) is 4.98 Å². The highest BCUT2D eigenvalue weighted by atomic mass is 32.1. The van der Waals surface area contributed by atoms with Crippen molar-refractivity contribution in [2.24, 2.45) is 0 Å². The number of carbonyl (C=O) groups excluding carboxylic acids is 1. The first-order valence-corrected chi connectivity index (χ1v) is 10.4. The second-order valence-corrected chi connectivity index (χ2v) is 8.10. The standard InChI is InChI=1S/C23H18N4O2S/c1-3-11-29-16-8-6-7-15(12-16)17-13-20(28)25-22-21(17)14(2)26-27(22)23-24-18-9-4-5-10-19(18)30-23/h1,4-10,12,17H,11,13H2,2H3,(H,25,28)/t17-/m0/s1. The SMILES string of the molecule is C#CCOc1cccc([C@@H]2CC(=O)Nc3c2c(C)nn3-c2nc3ccccc3s2)c1. The van der Waals surface area contributed by atoms with E-state index in [1.54, 1.807) is 16.0 Å². The zero-order chi connectivity index (χ0) is 20.7. The first-order valence-electron chi connectivity index (χ1n) is 9.55. The molecule has 6 nitrogen and oxygen atoms in total. The molecule has 0 spiro atoms. The summed E-state index contributed by atoms with van der Waals surface area (Å²) in [4.78, 5) is 17.3. The molecule has 0 saturated heterocycles. The molecule has 1 atom stereocenters. The van der Waals surface area contributed by atoms with Crippen LogP contribution in [-0.4, -0.2) is 27.3 Å². The number of terminal acetylenes is 1. The lowest BCUT2D eigenvalue weighted by atomic mass is 9.86. The Kier molecular flexibility index (Phi) is 4.49. The van der Waals surface area contributed by atoms with Crippen LogP contribution in [0.4, 0.5) is 5.82 Å². The summed E-state index contributed by atoms with van der Waals surface area (Å²) in [6, 6.07) is 15.7. The molecule has 1 aliphatic rings. The number of nitrogens with zero attached hydrogens (tertiary/aromatic N) is 3. The van der Waals surface area contributed by atoms with Gasteiger partial charge < -0.3 is 10.1 Å². The van der Waals surface area contributed by atoms with Crippen molar-refractivity contribution >= 4 is 33.3 Å². The lowest BCUT2D eigenvalue weighted by molar-refractivity contribution is -0.116. The van der Waals surface area contributed by atoms with Crippen molar-refractivity contribution in [3.8, 4) is 23.2 Å². The highest BCUT2D eigenvalue weighted by Gasteiger charge is 2.33. The van der Waals surface area contributed by atoms with Gasteiger partial charge in [-0.05, 0) is 36.8 Å². The molecule has 148 valence electrons.